The van der Waals surface area contributed by atoms with Gasteiger partial charge in [-0.2, -0.15) is 5.26 Å². The summed E-state index contributed by atoms with van der Waals surface area (Å²) in [6.07, 6.45) is 3.84. The van der Waals surface area contributed by atoms with Crippen molar-refractivity contribution in [3.05, 3.63) is 29.8 Å². The van der Waals surface area contributed by atoms with Gasteiger partial charge in [-0.1, -0.05) is 0 Å². The van der Waals surface area contributed by atoms with Crippen molar-refractivity contribution in [1.82, 2.24) is 4.57 Å². The van der Waals surface area contributed by atoms with Gasteiger partial charge in [0, 0.05) is 30.6 Å². The SMILES string of the molecule is Cc1oc(N)c(C#N)c1-c1ccn(C)c1. The molecule has 0 aromatic carbocycles. The molecule has 0 fully saturated rings. The van der Waals surface area contributed by atoms with Crippen molar-refractivity contribution in [2.24, 2.45) is 7.05 Å². The fourth-order valence-electron chi connectivity index (χ4n) is 1.68. The van der Waals surface area contributed by atoms with Crippen molar-refractivity contribution in [1.29, 1.82) is 5.26 Å². The zero-order valence-electron chi connectivity index (χ0n) is 8.61. The Labute approximate surface area is 87.5 Å². The molecule has 2 aromatic rings. The van der Waals surface area contributed by atoms with Gasteiger partial charge in [-0.05, 0) is 13.0 Å². The number of aryl methyl sites for hydroxylation is 2. The van der Waals surface area contributed by atoms with Gasteiger partial charge in [0.05, 0.1) is 0 Å². The third-order valence-corrected chi connectivity index (χ3v) is 2.34. The van der Waals surface area contributed by atoms with Crippen LogP contribution in [0.15, 0.2) is 22.9 Å². The standard InChI is InChI=1S/C11H11N3O/c1-7-10(8-3-4-14(2)6-8)9(5-12)11(13)15-7/h3-4,6H,13H2,1-2H3. The summed E-state index contributed by atoms with van der Waals surface area (Å²) in [5, 5.41) is 8.98. The third-order valence-electron chi connectivity index (χ3n) is 2.34. The van der Waals surface area contributed by atoms with Crippen LogP contribution in [0.25, 0.3) is 11.1 Å². The minimum atomic E-state index is 0.189. The van der Waals surface area contributed by atoms with Gasteiger partial charge in [0.2, 0.25) is 5.88 Å². The van der Waals surface area contributed by atoms with Crippen LogP contribution < -0.4 is 5.73 Å². The van der Waals surface area contributed by atoms with Crippen LogP contribution in [0.3, 0.4) is 0 Å². The Morgan fingerprint density at radius 1 is 1.53 bits per heavy atom. The van der Waals surface area contributed by atoms with E-state index in [4.69, 9.17) is 15.4 Å². The van der Waals surface area contributed by atoms with Gasteiger partial charge < -0.3 is 14.7 Å². The number of nitriles is 1. The molecule has 2 heterocycles. The van der Waals surface area contributed by atoms with Crippen LogP contribution in [-0.2, 0) is 7.05 Å². The molecule has 0 aliphatic rings. The van der Waals surface area contributed by atoms with Crippen molar-refractivity contribution < 1.29 is 4.42 Å². The van der Waals surface area contributed by atoms with E-state index in [1.807, 2.05) is 30.1 Å². The third kappa shape index (κ3) is 1.38. The number of furan rings is 1. The summed E-state index contributed by atoms with van der Waals surface area (Å²) in [6.45, 7) is 1.81. The van der Waals surface area contributed by atoms with Crippen LogP contribution in [0.4, 0.5) is 5.88 Å². The molecule has 0 atom stereocenters. The Balaban J connectivity index is 2.67. The summed E-state index contributed by atoms with van der Waals surface area (Å²) >= 11 is 0. The maximum atomic E-state index is 8.98. The number of hydrogen-bond acceptors (Lipinski definition) is 3. The highest BCUT2D eigenvalue weighted by atomic mass is 16.4. The normalized spacial score (nSPS) is 10.2. The van der Waals surface area contributed by atoms with E-state index >= 15 is 0 Å². The van der Waals surface area contributed by atoms with Crippen molar-refractivity contribution >= 4 is 5.88 Å². The summed E-state index contributed by atoms with van der Waals surface area (Å²) < 4.78 is 7.16. The van der Waals surface area contributed by atoms with E-state index in [1.165, 1.54) is 0 Å². The van der Waals surface area contributed by atoms with Crippen LogP contribution in [0.2, 0.25) is 0 Å². The second-order valence-electron chi connectivity index (χ2n) is 3.45. The highest BCUT2D eigenvalue weighted by Crippen LogP contribution is 2.33. The molecule has 0 bridgehead atoms. The first-order valence-corrected chi connectivity index (χ1v) is 4.54. The molecular weight excluding hydrogens is 190 g/mol. The molecule has 0 saturated carbocycles. The minimum absolute atomic E-state index is 0.189. The Morgan fingerprint density at radius 3 is 2.80 bits per heavy atom. The Hall–Kier alpha value is -2.15. The number of anilines is 1. The molecule has 0 amide bonds. The van der Waals surface area contributed by atoms with Crippen LogP contribution in [0, 0.1) is 18.3 Å². The summed E-state index contributed by atoms with van der Waals surface area (Å²) in [5.74, 6) is 0.865. The lowest BCUT2D eigenvalue weighted by atomic mass is 10.1. The van der Waals surface area contributed by atoms with Crippen LogP contribution in [0.5, 0.6) is 0 Å². The molecule has 2 rings (SSSR count). The first-order valence-electron chi connectivity index (χ1n) is 4.54. The molecule has 15 heavy (non-hydrogen) atoms. The maximum Gasteiger partial charge on any atom is 0.209 e. The fraction of sp³-hybridized carbons (Fsp3) is 0.182. The molecule has 76 valence electrons. The van der Waals surface area contributed by atoms with E-state index in [0.29, 0.717) is 11.3 Å². The second-order valence-corrected chi connectivity index (χ2v) is 3.45. The minimum Gasteiger partial charge on any atom is -0.444 e. The van der Waals surface area contributed by atoms with Gasteiger partial charge in [-0.15, -0.1) is 0 Å². The lowest BCUT2D eigenvalue weighted by molar-refractivity contribution is 0.554. The summed E-state index contributed by atoms with van der Waals surface area (Å²) in [6, 6.07) is 3.99. The average molecular weight is 201 g/mol. The van der Waals surface area contributed by atoms with E-state index in [9.17, 15) is 0 Å². The predicted molar refractivity (Wildman–Crippen MR) is 57.0 cm³/mol. The molecule has 4 nitrogen and oxygen atoms in total. The molecule has 4 heteroatoms. The first kappa shape index (κ1) is 9.41. The Morgan fingerprint density at radius 2 is 2.27 bits per heavy atom. The van der Waals surface area contributed by atoms with Gasteiger partial charge in [0.15, 0.2) is 0 Å². The highest BCUT2D eigenvalue weighted by molar-refractivity contribution is 5.76. The lowest BCUT2D eigenvalue weighted by Gasteiger charge is -1.94. The largest absolute Gasteiger partial charge is 0.444 e. The van der Waals surface area contributed by atoms with Crippen molar-refractivity contribution in [2.45, 2.75) is 6.92 Å². The van der Waals surface area contributed by atoms with Gasteiger partial charge in [-0.3, -0.25) is 0 Å². The smallest absolute Gasteiger partial charge is 0.209 e. The molecule has 0 unspecified atom stereocenters. The topological polar surface area (TPSA) is 67.9 Å². The van der Waals surface area contributed by atoms with Crippen LogP contribution >= 0.6 is 0 Å². The fourth-order valence-corrected chi connectivity index (χ4v) is 1.68. The second kappa shape index (κ2) is 3.21. The number of aromatic nitrogens is 1. The van der Waals surface area contributed by atoms with Crippen LogP contribution in [0.1, 0.15) is 11.3 Å². The number of nitrogens with zero attached hydrogens (tertiary/aromatic N) is 2. The molecule has 0 spiro atoms. The molecule has 2 aromatic heterocycles. The number of hydrogen-bond donors (Lipinski definition) is 1. The van der Waals surface area contributed by atoms with Crippen molar-refractivity contribution in [2.75, 3.05) is 5.73 Å². The lowest BCUT2D eigenvalue weighted by Crippen LogP contribution is -1.86. The van der Waals surface area contributed by atoms with E-state index < -0.39 is 0 Å². The van der Waals surface area contributed by atoms with E-state index in [-0.39, 0.29) is 5.88 Å². The molecule has 0 aliphatic carbocycles. The predicted octanol–water partition coefficient (Wildman–Crippen LogP) is 2.05. The van der Waals surface area contributed by atoms with E-state index in [0.717, 1.165) is 11.1 Å². The Bertz CT molecular complexity index is 543. The zero-order valence-corrected chi connectivity index (χ0v) is 8.61. The van der Waals surface area contributed by atoms with Crippen molar-refractivity contribution in [3.8, 4) is 17.2 Å². The quantitative estimate of drug-likeness (QED) is 0.767. The molecular formula is C11H11N3O. The molecule has 0 radical (unpaired) electrons. The van der Waals surface area contributed by atoms with Gasteiger partial charge in [0.25, 0.3) is 0 Å². The maximum absolute atomic E-state index is 8.98. The number of rotatable bonds is 1. The van der Waals surface area contributed by atoms with E-state index in [1.54, 1.807) is 6.92 Å². The zero-order chi connectivity index (χ0) is 11.0. The highest BCUT2D eigenvalue weighted by Gasteiger charge is 2.17. The van der Waals surface area contributed by atoms with Crippen LogP contribution in [-0.4, -0.2) is 4.57 Å². The monoisotopic (exact) mass is 201 g/mol. The Kier molecular flexibility index (Phi) is 2.01. The number of nitrogen functional groups attached to an aromatic ring is 1. The average Bonchev–Trinajstić information content (AvgIpc) is 2.70. The molecule has 0 saturated heterocycles. The van der Waals surface area contributed by atoms with Gasteiger partial charge >= 0.3 is 0 Å². The van der Waals surface area contributed by atoms with Gasteiger partial charge in [-0.25, -0.2) is 0 Å². The molecule has 2 N–H and O–H groups in total. The van der Waals surface area contributed by atoms with Gasteiger partial charge in [0.1, 0.15) is 17.4 Å². The van der Waals surface area contributed by atoms with Crippen molar-refractivity contribution in [3.63, 3.8) is 0 Å². The first-order chi connectivity index (χ1) is 7.13. The summed E-state index contributed by atoms with van der Waals surface area (Å²) in [4.78, 5) is 0. The van der Waals surface area contributed by atoms with E-state index in [2.05, 4.69) is 6.07 Å². The summed E-state index contributed by atoms with van der Waals surface area (Å²) in [5.41, 5.74) is 7.75. The number of nitrogens with two attached hydrogens (primary N) is 1. The summed E-state index contributed by atoms with van der Waals surface area (Å²) in [7, 11) is 1.92. The molecule has 0 aliphatic heterocycles.